The molecule has 6 nitrogen and oxygen atoms in total. The van der Waals surface area contributed by atoms with Crippen LogP contribution in [0.1, 0.15) is 18.1 Å². The molecular weight excluding hydrogens is 569 g/mol. The van der Waals surface area contributed by atoms with Crippen LogP contribution in [0.4, 0.5) is 5.69 Å². The van der Waals surface area contributed by atoms with E-state index in [0.717, 1.165) is 17.3 Å². The maximum atomic E-state index is 12.6. The third-order valence-corrected chi connectivity index (χ3v) is 7.31. The van der Waals surface area contributed by atoms with Crippen molar-refractivity contribution in [2.75, 3.05) is 13.7 Å². The van der Waals surface area contributed by atoms with Crippen LogP contribution in [-0.4, -0.2) is 29.8 Å². The summed E-state index contributed by atoms with van der Waals surface area (Å²) >= 11 is 19.8. The van der Waals surface area contributed by atoms with Crippen LogP contribution >= 0.6 is 46.6 Å². The van der Waals surface area contributed by atoms with Crippen molar-refractivity contribution in [3.05, 3.63) is 103 Å². The number of hydrogen-bond acceptors (Lipinski definition) is 7. The number of halogens is 3. The first-order valence-electron chi connectivity index (χ1n) is 11.4. The van der Waals surface area contributed by atoms with Crippen molar-refractivity contribution >= 4 is 69.3 Å². The Labute approximate surface area is 239 Å². The van der Waals surface area contributed by atoms with E-state index in [-0.39, 0.29) is 24.5 Å². The van der Waals surface area contributed by atoms with Gasteiger partial charge in [0.05, 0.1) is 39.4 Å². The van der Waals surface area contributed by atoms with Crippen molar-refractivity contribution in [2.45, 2.75) is 13.5 Å². The zero-order chi connectivity index (χ0) is 27.2. The minimum atomic E-state index is -0.655. The highest BCUT2D eigenvalue weighted by molar-refractivity contribution is 8.18. The molecule has 0 fully saturated rings. The molecule has 0 aliphatic carbocycles. The van der Waals surface area contributed by atoms with Crippen molar-refractivity contribution in [3.8, 4) is 11.5 Å². The van der Waals surface area contributed by atoms with Gasteiger partial charge in [-0.3, -0.25) is 0 Å². The SMILES string of the molecule is CCOC(=O)C1=C(O)/C(=C/c2cc(Cl)c(OCc3ccc(Cl)c(Cl)c3)c(OC)c2)SC1=Nc1ccccc1. The quantitative estimate of drug-likeness (QED) is 0.265. The summed E-state index contributed by atoms with van der Waals surface area (Å²) in [4.78, 5) is 17.6. The molecule has 38 heavy (non-hydrogen) atoms. The van der Waals surface area contributed by atoms with Gasteiger partial charge in [0.25, 0.3) is 0 Å². The number of aliphatic imine (C=N–C) groups is 1. The van der Waals surface area contributed by atoms with Gasteiger partial charge in [0.1, 0.15) is 23.0 Å². The minimum Gasteiger partial charge on any atom is -0.506 e. The first kappa shape index (κ1) is 27.9. The Morgan fingerprint density at radius 2 is 1.79 bits per heavy atom. The fourth-order valence-corrected chi connectivity index (χ4v) is 5.14. The molecule has 0 saturated heterocycles. The summed E-state index contributed by atoms with van der Waals surface area (Å²) in [5, 5.41) is 12.5. The molecule has 10 heteroatoms. The Morgan fingerprint density at radius 3 is 2.47 bits per heavy atom. The van der Waals surface area contributed by atoms with Gasteiger partial charge in [0.15, 0.2) is 11.5 Å². The van der Waals surface area contributed by atoms with Gasteiger partial charge >= 0.3 is 5.97 Å². The topological polar surface area (TPSA) is 77.4 Å². The molecule has 0 amide bonds. The number of hydrogen-bond donors (Lipinski definition) is 1. The standard InChI is InChI=1S/C28H22Cl3NO5S/c1-3-36-28(34)24-25(33)23(38-27(24)32-18-7-5-4-6-8-18)14-17-12-21(31)26(22(13-17)35-2)37-15-16-9-10-19(29)20(30)11-16/h4-14,33H,3,15H2,1-2H3/b23-14-,32-27?. The fourth-order valence-electron chi connectivity index (χ4n) is 3.51. The molecular formula is C28H22Cl3NO5S. The lowest BCUT2D eigenvalue weighted by atomic mass is 10.1. The van der Waals surface area contributed by atoms with E-state index in [1.54, 1.807) is 55.5 Å². The molecule has 1 aliphatic heterocycles. The second kappa shape index (κ2) is 12.6. The van der Waals surface area contributed by atoms with Gasteiger partial charge in [-0.25, -0.2) is 9.79 Å². The van der Waals surface area contributed by atoms with Crippen LogP contribution in [0, 0.1) is 0 Å². The largest absolute Gasteiger partial charge is 0.506 e. The molecule has 0 radical (unpaired) electrons. The van der Waals surface area contributed by atoms with Gasteiger partial charge in [0.2, 0.25) is 0 Å². The zero-order valence-corrected chi connectivity index (χ0v) is 23.4. The van der Waals surface area contributed by atoms with E-state index in [2.05, 4.69) is 4.99 Å². The Morgan fingerprint density at radius 1 is 1.03 bits per heavy atom. The van der Waals surface area contributed by atoms with E-state index in [4.69, 9.17) is 49.0 Å². The Hall–Kier alpha value is -3.10. The highest BCUT2D eigenvalue weighted by atomic mass is 35.5. The highest BCUT2D eigenvalue weighted by Crippen LogP contribution is 2.42. The van der Waals surface area contributed by atoms with E-state index in [9.17, 15) is 9.90 Å². The number of benzene rings is 3. The molecule has 1 N–H and O–H groups in total. The molecule has 3 aromatic rings. The monoisotopic (exact) mass is 589 g/mol. The van der Waals surface area contributed by atoms with Gasteiger partial charge in [-0.2, -0.15) is 0 Å². The van der Waals surface area contributed by atoms with Crippen molar-refractivity contribution in [1.82, 2.24) is 0 Å². The molecule has 0 unspecified atom stereocenters. The Balaban J connectivity index is 1.65. The van der Waals surface area contributed by atoms with Crippen molar-refractivity contribution in [3.63, 3.8) is 0 Å². The normalized spacial score (nSPS) is 15.3. The second-order valence-corrected chi connectivity index (χ2v) is 10.1. The Kier molecular flexibility index (Phi) is 9.28. The van der Waals surface area contributed by atoms with E-state index in [1.165, 1.54) is 7.11 Å². The number of methoxy groups -OCH3 is 1. The number of para-hydroxylation sites is 1. The third-order valence-electron chi connectivity index (χ3n) is 5.27. The molecule has 0 spiro atoms. The lowest BCUT2D eigenvalue weighted by Crippen LogP contribution is -2.12. The molecule has 0 atom stereocenters. The van der Waals surface area contributed by atoms with Crippen LogP contribution in [-0.2, 0) is 16.1 Å². The molecule has 0 saturated carbocycles. The maximum absolute atomic E-state index is 12.6. The van der Waals surface area contributed by atoms with Gasteiger partial charge in [-0.05, 0) is 60.5 Å². The molecule has 0 bridgehead atoms. The molecule has 1 aliphatic rings. The van der Waals surface area contributed by atoms with E-state index >= 15 is 0 Å². The molecule has 4 rings (SSSR count). The molecule has 0 aromatic heterocycles. The maximum Gasteiger partial charge on any atom is 0.344 e. The molecule has 3 aromatic carbocycles. The molecule has 196 valence electrons. The fraction of sp³-hybridized carbons (Fsp3) is 0.143. The number of rotatable bonds is 8. The van der Waals surface area contributed by atoms with E-state index < -0.39 is 5.97 Å². The summed E-state index contributed by atoms with van der Waals surface area (Å²) in [6.07, 6.45) is 1.68. The second-order valence-electron chi connectivity index (χ2n) is 7.88. The van der Waals surface area contributed by atoms with Gasteiger partial charge in [-0.1, -0.05) is 70.8 Å². The predicted octanol–water partition coefficient (Wildman–Crippen LogP) is 8.43. The predicted molar refractivity (Wildman–Crippen MR) is 154 cm³/mol. The number of thioether (sulfide) groups is 1. The van der Waals surface area contributed by atoms with Gasteiger partial charge in [-0.15, -0.1) is 0 Å². The lowest BCUT2D eigenvalue weighted by molar-refractivity contribution is -0.138. The number of esters is 1. The number of nitrogens with zero attached hydrogens (tertiary/aromatic N) is 1. The summed E-state index contributed by atoms with van der Waals surface area (Å²) in [7, 11) is 1.50. The van der Waals surface area contributed by atoms with Crippen molar-refractivity contribution < 1.29 is 24.1 Å². The number of carbonyl (C=O) groups excluding carboxylic acids is 1. The van der Waals surface area contributed by atoms with Gasteiger partial charge in [0, 0.05) is 0 Å². The number of aliphatic hydroxyl groups excluding tert-OH is 1. The van der Waals surface area contributed by atoms with E-state index in [1.807, 2.05) is 18.2 Å². The van der Waals surface area contributed by atoms with Crippen molar-refractivity contribution in [1.29, 1.82) is 0 Å². The smallest absolute Gasteiger partial charge is 0.344 e. The number of aliphatic hydroxyl groups is 1. The number of carbonyl (C=O) groups is 1. The van der Waals surface area contributed by atoms with Crippen molar-refractivity contribution in [2.24, 2.45) is 4.99 Å². The average Bonchev–Trinajstić information content (AvgIpc) is 3.19. The zero-order valence-electron chi connectivity index (χ0n) is 20.3. The lowest BCUT2D eigenvalue weighted by Gasteiger charge is -2.14. The molecule has 1 heterocycles. The summed E-state index contributed by atoms with van der Waals surface area (Å²) in [5.74, 6) is -0.144. The van der Waals surface area contributed by atoms with Crippen LogP contribution in [0.25, 0.3) is 6.08 Å². The Bertz CT molecular complexity index is 1450. The third kappa shape index (κ3) is 6.48. The summed E-state index contributed by atoms with van der Waals surface area (Å²) in [5.41, 5.74) is 2.07. The minimum absolute atomic E-state index is 0.00611. The first-order valence-corrected chi connectivity index (χ1v) is 13.3. The average molecular weight is 591 g/mol. The van der Waals surface area contributed by atoms with Crippen LogP contribution in [0.15, 0.2) is 81.9 Å². The summed E-state index contributed by atoms with van der Waals surface area (Å²) < 4.78 is 16.6. The van der Waals surface area contributed by atoms with Crippen LogP contribution in [0.3, 0.4) is 0 Å². The van der Waals surface area contributed by atoms with Crippen LogP contribution in [0.2, 0.25) is 15.1 Å². The first-order chi connectivity index (χ1) is 18.3. The summed E-state index contributed by atoms with van der Waals surface area (Å²) in [6, 6.07) is 17.7. The highest BCUT2D eigenvalue weighted by Gasteiger charge is 2.33. The van der Waals surface area contributed by atoms with Gasteiger partial charge < -0.3 is 19.3 Å². The van der Waals surface area contributed by atoms with Crippen LogP contribution in [0.5, 0.6) is 11.5 Å². The number of ether oxygens (including phenoxy) is 3. The van der Waals surface area contributed by atoms with Crippen LogP contribution < -0.4 is 9.47 Å². The summed E-state index contributed by atoms with van der Waals surface area (Å²) in [6.45, 7) is 2.05. The van der Waals surface area contributed by atoms with E-state index in [0.29, 0.717) is 47.8 Å².